The van der Waals surface area contributed by atoms with Crippen LogP contribution >= 0.6 is 0 Å². The van der Waals surface area contributed by atoms with Crippen LogP contribution in [0.15, 0.2) is 66.9 Å². The summed E-state index contributed by atoms with van der Waals surface area (Å²) in [6, 6.07) is 21.2. The first kappa shape index (κ1) is 16.5. The smallest absolute Gasteiger partial charge is 0.0648 e. The molecule has 1 atom stereocenters. The Morgan fingerprint density at radius 2 is 1.67 bits per heavy atom. The molecule has 0 aliphatic heterocycles. The lowest BCUT2D eigenvalue weighted by molar-refractivity contribution is 0.556. The summed E-state index contributed by atoms with van der Waals surface area (Å²) in [6.07, 6.45) is 4.24. The van der Waals surface area contributed by atoms with Crippen molar-refractivity contribution in [1.29, 1.82) is 0 Å². The zero-order valence-corrected chi connectivity index (χ0v) is 14.4. The minimum atomic E-state index is 0.304. The SMILES string of the molecule is Cc1c(C(C)NCCCc2ccccc2)cnn1-c1ccccc1. The van der Waals surface area contributed by atoms with Crippen LogP contribution in [0.4, 0.5) is 0 Å². The lowest BCUT2D eigenvalue weighted by atomic mass is 10.1. The number of aromatic nitrogens is 2. The number of hydrogen-bond donors (Lipinski definition) is 1. The second-order valence-corrected chi connectivity index (χ2v) is 6.20. The largest absolute Gasteiger partial charge is 0.310 e. The Labute approximate surface area is 144 Å². The van der Waals surface area contributed by atoms with E-state index >= 15 is 0 Å². The molecule has 3 rings (SSSR count). The average Bonchev–Trinajstić information content (AvgIpc) is 3.02. The van der Waals surface area contributed by atoms with E-state index in [1.165, 1.54) is 16.8 Å². The highest BCUT2D eigenvalue weighted by atomic mass is 15.3. The molecule has 1 aromatic heterocycles. The summed E-state index contributed by atoms with van der Waals surface area (Å²) < 4.78 is 2.01. The van der Waals surface area contributed by atoms with Crippen LogP contribution in [0.5, 0.6) is 0 Å². The molecule has 0 saturated carbocycles. The Hall–Kier alpha value is -2.39. The number of benzene rings is 2. The Kier molecular flexibility index (Phi) is 5.44. The first-order valence-corrected chi connectivity index (χ1v) is 8.63. The molecule has 3 nitrogen and oxygen atoms in total. The van der Waals surface area contributed by atoms with E-state index in [1.807, 2.05) is 29.1 Å². The molecule has 0 aliphatic carbocycles. The molecule has 2 aromatic carbocycles. The van der Waals surface area contributed by atoms with Gasteiger partial charge in [-0.25, -0.2) is 4.68 Å². The van der Waals surface area contributed by atoms with Gasteiger partial charge in [0, 0.05) is 17.3 Å². The van der Waals surface area contributed by atoms with Crippen LogP contribution < -0.4 is 5.32 Å². The summed E-state index contributed by atoms with van der Waals surface area (Å²) >= 11 is 0. The molecule has 124 valence electrons. The fourth-order valence-corrected chi connectivity index (χ4v) is 3.04. The summed E-state index contributed by atoms with van der Waals surface area (Å²) in [6.45, 7) is 5.35. The predicted octanol–water partition coefficient (Wildman–Crippen LogP) is 4.46. The third-order valence-electron chi connectivity index (χ3n) is 4.45. The number of hydrogen-bond acceptors (Lipinski definition) is 2. The maximum absolute atomic E-state index is 4.56. The van der Waals surface area contributed by atoms with Crippen LogP contribution in [0.25, 0.3) is 5.69 Å². The molecule has 0 bridgehead atoms. The molecule has 0 saturated heterocycles. The van der Waals surface area contributed by atoms with Gasteiger partial charge in [-0.15, -0.1) is 0 Å². The number of nitrogens with zero attached hydrogens (tertiary/aromatic N) is 2. The van der Waals surface area contributed by atoms with Crippen molar-refractivity contribution < 1.29 is 0 Å². The van der Waals surface area contributed by atoms with E-state index in [0.29, 0.717) is 6.04 Å². The number of rotatable bonds is 7. The molecule has 0 radical (unpaired) electrons. The van der Waals surface area contributed by atoms with Gasteiger partial charge >= 0.3 is 0 Å². The van der Waals surface area contributed by atoms with Crippen molar-refractivity contribution >= 4 is 0 Å². The Balaban J connectivity index is 1.56. The van der Waals surface area contributed by atoms with Crippen molar-refractivity contribution in [3.8, 4) is 5.69 Å². The van der Waals surface area contributed by atoms with Crippen molar-refractivity contribution in [3.63, 3.8) is 0 Å². The van der Waals surface area contributed by atoms with E-state index in [9.17, 15) is 0 Å². The van der Waals surface area contributed by atoms with Gasteiger partial charge in [0.25, 0.3) is 0 Å². The second-order valence-electron chi connectivity index (χ2n) is 6.20. The third kappa shape index (κ3) is 3.92. The topological polar surface area (TPSA) is 29.9 Å². The molecule has 1 N–H and O–H groups in total. The molecular weight excluding hydrogens is 294 g/mol. The minimum Gasteiger partial charge on any atom is -0.310 e. The molecule has 1 heterocycles. The molecule has 1 unspecified atom stereocenters. The molecule has 3 heteroatoms. The van der Waals surface area contributed by atoms with Gasteiger partial charge in [-0.05, 0) is 50.9 Å². The Morgan fingerprint density at radius 1 is 1.00 bits per heavy atom. The average molecular weight is 319 g/mol. The van der Waals surface area contributed by atoms with Crippen molar-refractivity contribution in [2.24, 2.45) is 0 Å². The zero-order chi connectivity index (χ0) is 16.8. The molecule has 0 fully saturated rings. The fraction of sp³-hybridized carbons (Fsp3) is 0.286. The highest BCUT2D eigenvalue weighted by Gasteiger charge is 2.13. The molecule has 3 aromatic rings. The van der Waals surface area contributed by atoms with E-state index in [1.54, 1.807) is 0 Å². The lowest BCUT2D eigenvalue weighted by Crippen LogP contribution is -2.20. The van der Waals surface area contributed by atoms with E-state index in [0.717, 1.165) is 25.1 Å². The first-order chi connectivity index (χ1) is 11.8. The van der Waals surface area contributed by atoms with Gasteiger partial charge in [-0.1, -0.05) is 48.5 Å². The highest BCUT2D eigenvalue weighted by molar-refractivity contribution is 5.35. The number of aryl methyl sites for hydroxylation is 1. The lowest BCUT2D eigenvalue weighted by Gasteiger charge is -2.14. The van der Waals surface area contributed by atoms with Gasteiger partial charge in [-0.3, -0.25) is 0 Å². The van der Waals surface area contributed by atoms with E-state index < -0.39 is 0 Å². The number of para-hydroxylation sites is 1. The second kappa shape index (κ2) is 7.93. The van der Waals surface area contributed by atoms with Crippen molar-refractivity contribution in [2.45, 2.75) is 32.7 Å². The van der Waals surface area contributed by atoms with Gasteiger partial charge in [0.15, 0.2) is 0 Å². The monoisotopic (exact) mass is 319 g/mol. The fourth-order valence-electron chi connectivity index (χ4n) is 3.04. The molecule has 24 heavy (non-hydrogen) atoms. The third-order valence-corrected chi connectivity index (χ3v) is 4.45. The van der Waals surface area contributed by atoms with Crippen LogP contribution in [0.1, 0.15) is 36.2 Å². The summed E-state index contributed by atoms with van der Waals surface area (Å²) in [7, 11) is 0. The molecule has 0 amide bonds. The highest BCUT2D eigenvalue weighted by Crippen LogP contribution is 2.20. The normalized spacial score (nSPS) is 12.2. The summed E-state index contributed by atoms with van der Waals surface area (Å²) in [5.41, 5.74) is 4.97. The van der Waals surface area contributed by atoms with E-state index in [2.05, 4.69) is 66.7 Å². The Bertz CT molecular complexity index is 747. The van der Waals surface area contributed by atoms with Crippen LogP contribution in [-0.4, -0.2) is 16.3 Å². The summed E-state index contributed by atoms with van der Waals surface area (Å²) in [5, 5.41) is 8.18. The first-order valence-electron chi connectivity index (χ1n) is 8.63. The van der Waals surface area contributed by atoms with Gasteiger partial charge in [0.05, 0.1) is 11.9 Å². The summed E-state index contributed by atoms with van der Waals surface area (Å²) in [4.78, 5) is 0. The van der Waals surface area contributed by atoms with Crippen molar-refractivity contribution in [2.75, 3.05) is 6.54 Å². The van der Waals surface area contributed by atoms with E-state index in [4.69, 9.17) is 0 Å². The van der Waals surface area contributed by atoms with Gasteiger partial charge in [0.2, 0.25) is 0 Å². The standard InChI is InChI=1S/C21H25N3/c1-17(22-15-9-12-19-10-5-3-6-11-19)21-16-23-24(18(21)2)20-13-7-4-8-14-20/h3-8,10-11,13-14,16-17,22H,9,12,15H2,1-2H3. The van der Waals surface area contributed by atoms with Crippen LogP contribution in [-0.2, 0) is 6.42 Å². The van der Waals surface area contributed by atoms with Crippen molar-refractivity contribution in [1.82, 2.24) is 15.1 Å². The molecule has 0 aliphatic rings. The van der Waals surface area contributed by atoms with Crippen LogP contribution in [0.3, 0.4) is 0 Å². The molecule has 0 spiro atoms. The van der Waals surface area contributed by atoms with Gasteiger partial charge in [-0.2, -0.15) is 5.10 Å². The van der Waals surface area contributed by atoms with Crippen molar-refractivity contribution in [3.05, 3.63) is 83.7 Å². The quantitative estimate of drug-likeness (QED) is 0.651. The van der Waals surface area contributed by atoms with Gasteiger partial charge in [0.1, 0.15) is 0 Å². The maximum atomic E-state index is 4.56. The predicted molar refractivity (Wildman–Crippen MR) is 99.5 cm³/mol. The van der Waals surface area contributed by atoms with Crippen LogP contribution in [0, 0.1) is 6.92 Å². The summed E-state index contributed by atoms with van der Waals surface area (Å²) in [5.74, 6) is 0. The zero-order valence-electron chi connectivity index (χ0n) is 14.4. The Morgan fingerprint density at radius 3 is 2.38 bits per heavy atom. The minimum absolute atomic E-state index is 0.304. The number of nitrogens with one attached hydrogen (secondary N) is 1. The maximum Gasteiger partial charge on any atom is 0.0648 e. The van der Waals surface area contributed by atoms with Gasteiger partial charge < -0.3 is 5.32 Å². The van der Waals surface area contributed by atoms with E-state index in [-0.39, 0.29) is 0 Å². The molecular formula is C21H25N3. The van der Waals surface area contributed by atoms with Crippen LogP contribution in [0.2, 0.25) is 0 Å².